The second-order valence-corrected chi connectivity index (χ2v) is 6.08. The van der Waals surface area contributed by atoms with Crippen molar-refractivity contribution in [2.45, 2.75) is 82.5 Å². The second-order valence-electron chi connectivity index (χ2n) is 6.08. The van der Waals surface area contributed by atoms with Gasteiger partial charge in [0, 0.05) is 32.6 Å². The summed E-state index contributed by atoms with van der Waals surface area (Å²) in [5.74, 6) is 0.486. The van der Waals surface area contributed by atoms with E-state index in [1.54, 1.807) is 6.92 Å². The van der Waals surface area contributed by atoms with Gasteiger partial charge in [-0.05, 0) is 30.8 Å². The van der Waals surface area contributed by atoms with E-state index in [1.807, 2.05) is 0 Å². The predicted octanol–water partition coefficient (Wildman–Crippen LogP) is 3.06. The van der Waals surface area contributed by atoms with Crippen molar-refractivity contribution < 1.29 is 9.81 Å². The molecule has 2 unspecified atom stereocenters. The van der Waals surface area contributed by atoms with Crippen LogP contribution in [0.4, 0.5) is 0 Å². The van der Waals surface area contributed by atoms with E-state index < -0.39 is 0 Å². The molecule has 0 radical (unpaired) electrons. The average molecular weight is 251 g/mol. The third-order valence-corrected chi connectivity index (χ3v) is 4.69. The van der Waals surface area contributed by atoms with Gasteiger partial charge in [-0.3, -0.25) is 4.99 Å². The first-order chi connectivity index (χ1) is 9.26. The summed E-state index contributed by atoms with van der Waals surface area (Å²) in [6.45, 7) is 1.76. The van der Waals surface area contributed by atoms with Gasteiger partial charge in [-0.1, -0.05) is 0 Å². The van der Waals surface area contributed by atoms with Crippen LogP contribution < -0.4 is 0 Å². The molecule has 2 heterocycles. The highest BCUT2D eigenvalue weighted by molar-refractivity contribution is 5.70. The molecular formula is C14H24N3O+. The first-order valence-corrected chi connectivity index (χ1v) is 7.43. The van der Waals surface area contributed by atoms with Gasteiger partial charge in [-0.2, -0.15) is 0 Å². The number of aliphatic imine (C=N–C) groups is 1. The Morgan fingerprint density at radius 1 is 1.22 bits per heavy atom. The summed E-state index contributed by atoms with van der Waals surface area (Å²) >= 11 is 0. The van der Waals surface area contributed by atoms with E-state index in [0.29, 0.717) is 30.1 Å². The smallest absolute Gasteiger partial charge is 0.294 e. The van der Waals surface area contributed by atoms with E-state index in [4.69, 9.17) is 6.55 Å². The van der Waals surface area contributed by atoms with Gasteiger partial charge < -0.3 is 5.11 Å². The molecule has 100 valence electrons. The molecule has 0 saturated heterocycles. The molecule has 2 aliphatic carbocycles. The summed E-state index contributed by atoms with van der Waals surface area (Å²) < 4.78 is 9.29. The molecule has 4 rings (SSSR count). The van der Waals surface area contributed by atoms with Crippen LogP contribution in [0.1, 0.15) is 58.3 Å². The van der Waals surface area contributed by atoms with E-state index in [9.17, 15) is 0 Å². The summed E-state index contributed by atoms with van der Waals surface area (Å²) in [5, 5.41) is 9.40. The Morgan fingerprint density at radius 2 is 2.11 bits per heavy atom. The number of rotatable bonds is 2. The maximum absolute atomic E-state index is 6.86. The molecule has 0 amide bonds. The zero-order valence-corrected chi connectivity index (χ0v) is 11.2. The number of aliphatic hydroxyl groups is 1. The molecule has 0 spiro atoms. The SMILES string of the molecule is [2H]OC(C)=NC1CCC([N+]2=N[C@H]3CCC[C@@H]2CC3)C1. The van der Waals surface area contributed by atoms with Gasteiger partial charge in [0.05, 0.1) is 6.04 Å². The fourth-order valence-electron chi connectivity index (χ4n) is 3.87. The zero-order valence-electron chi connectivity index (χ0n) is 12.2. The van der Waals surface area contributed by atoms with Crippen molar-refractivity contribution in [3.8, 4) is 0 Å². The Kier molecular flexibility index (Phi) is 3.03. The van der Waals surface area contributed by atoms with E-state index in [2.05, 4.69) is 14.8 Å². The largest absolute Gasteiger partial charge is 0.497 e. The number of nitrogens with zero attached hydrogens (tertiary/aromatic N) is 3. The molecule has 4 nitrogen and oxygen atoms in total. The number of aliphatic hydroxyl groups excluding tert-OH is 1. The van der Waals surface area contributed by atoms with Crippen LogP contribution in [0.15, 0.2) is 10.1 Å². The number of azo groups is 2. The molecule has 2 bridgehead atoms. The van der Waals surface area contributed by atoms with Gasteiger partial charge in [0.25, 0.3) is 1.43 Å². The molecule has 2 fully saturated rings. The molecule has 0 aromatic heterocycles. The Morgan fingerprint density at radius 3 is 3.00 bits per heavy atom. The van der Waals surface area contributed by atoms with E-state index in [-0.39, 0.29) is 0 Å². The summed E-state index contributed by atoms with van der Waals surface area (Å²) in [6.07, 6.45) is 9.94. The third kappa shape index (κ3) is 2.43. The van der Waals surface area contributed by atoms with Crippen molar-refractivity contribution in [1.29, 1.82) is 1.43 Å². The van der Waals surface area contributed by atoms with Crippen molar-refractivity contribution in [1.82, 2.24) is 0 Å². The molecule has 0 aromatic rings. The van der Waals surface area contributed by atoms with Crippen LogP contribution >= 0.6 is 0 Å². The molecule has 2 aliphatic heterocycles. The number of fused-ring (bicyclic) bond motifs is 3. The quantitative estimate of drug-likeness (QED) is 0.457. The summed E-state index contributed by atoms with van der Waals surface area (Å²) in [5.41, 5.74) is 0. The molecule has 4 aliphatic rings. The monoisotopic (exact) mass is 251 g/mol. The van der Waals surface area contributed by atoms with Crippen LogP contribution in [0.3, 0.4) is 0 Å². The van der Waals surface area contributed by atoms with E-state index >= 15 is 0 Å². The highest BCUT2D eigenvalue weighted by Gasteiger charge is 2.42. The fourth-order valence-corrected chi connectivity index (χ4v) is 3.87. The minimum absolute atomic E-state index is 0.326. The normalized spacial score (nSPS) is 41.3. The van der Waals surface area contributed by atoms with Gasteiger partial charge in [-0.15, -0.1) is 4.70 Å². The van der Waals surface area contributed by atoms with Crippen molar-refractivity contribution >= 4 is 5.90 Å². The van der Waals surface area contributed by atoms with Crippen molar-refractivity contribution in [3.63, 3.8) is 0 Å². The first-order valence-electron chi connectivity index (χ1n) is 7.83. The maximum Gasteiger partial charge on any atom is 0.294 e. The second kappa shape index (κ2) is 4.98. The van der Waals surface area contributed by atoms with Crippen molar-refractivity contribution in [2.75, 3.05) is 0 Å². The summed E-state index contributed by atoms with van der Waals surface area (Å²) in [6, 6.07) is 2.16. The summed E-state index contributed by atoms with van der Waals surface area (Å²) in [4.78, 5) is 4.46. The average Bonchev–Trinajstić information content (AvgIpc) is 2.65. The van der Waals surface area contributed by atoms with Crippen LogP contribution in [0, 0.1) is 0 Å². The molecule has 1 N–H and O–H groups in total. The predicted molar refractivity (Wildman–Crippen MR) is 70.5 cm³/mol. The Bertz CT molecular complexity index is 392. The van der Waals surface area contributed by atoms with Gasteiger partial charge in [-0.25, -0.2) is 0 Å². The standard InChI is InChI=1S/C14H23N3O/c1-10(18)15-12-6-8-14(9-12)17-13-4-2-3-11(16-17)5-7-13/h11-14H,2-9H2,1H3/p+1/t11-,12?,13+,14?/m0/s1/i/hD. The Balaban J connectivity index is 1.68. The van der Waals surface area contributed by atoms with E-state index in [1.165, 1.54) is 38.5 Å². The van der Waals surface area contributed by atoms with E-state index in [0.717, 1.165) is 12.8 Å². The first kappa shape index (κ1) is 10.9. The lowest BCUT2D eigenvalue weighted by Gasteiger charge is -2.20. The topological polar surface area (TPSA) is 48.0 Å². The lowest BCUT2D eigenvalue weighted by molar-refractivity contribution is -0.667. The molecular weight excluding hydrogens is 226 g/mol. The zero-order chi connectivity index (χ0) is 13.2. The summed E-state index contributed by atoms with van der Waals surface area (Å²) in [7, 11) is 0. The minimum Gasteiger partial charge on any atom is -0.497 e. The van der Waals surface area contributed by atoms with Gasteiger partial charge in [0.15, 0.2) is 18.0 Å². The third-order valence-electron chi connectivity index (χ3n) is 4.69. The van der Waals surface area contributed by atoms with Gasteiger partial charge in [0.2, 0.25) is 0 Å². The lowest BCUT2D eigenvalue weighted by Crippen LogP contribution is -2.36. The highest BCUT2D eigenvalue weighted by atomic mass is 16.3. The Labute approximate surface area is 110 Å². The van der Waals surface area contributed by atoms with Gasteiger partial charge in [0.1, 0.15) is 6.04 Å². The lowest BCUT2D eigenvalue weighted by atomic mass is 10.0. The molecule has 18 heavy (non-hydrogen) atoms. The number of hydrogen-bond acceptors (Lipinski definition) is 3. The maximum atomic E-state index is 6.86. The van der Waals surface area contributed by atoms with Crippen LogP contribution in [-0.4, -0.2) is 39.9 Å². The van der Waals surface area contributed by atoms with Crippen LogP contribution in [0.2, 0.25) is 0 Å². The van der Waals surface area contributed by atoms with Crippen molar-refractivity contribution in [3.05, 3.63) is 0 Å². The fraction of sp³-hybridized carbons (Fsp3) is 0.929. The molecule has 2 saturated carbocycles. The Hall–Kier alpha value is -0.930. The van der Waals surface area contributed by atoms with Crippen LogP contribution in [-0.2, 0) is 0 Å². The minimum atomic E-state index is 0.326. The van der Waals surface area contributed by atoms with Crippen molar-refractivity contribution in [2.24, 2.45) is 10.1 Å². The highest BCUT2D eigenvalue weighted by Crippen LogP contribution is 2.34. The molecule has 4 heteroatoms. The molecule has 0 aromatic carbocycles. The van der Waals surface area contributed by atoms with Crippen LogP contribution in [0.25, 0.3) is 1.43 Å². The molecule has 4 atom stereocenters. The van der Waals surface area contributed by atoms with Gasteiger partial charge >= 0.3 is 0 Å². The van der Waals surface area contributed by atoms with Crippen LogP contribution in [0.5, 0.6) is 0 Å². The number of hydrogen-bond donors (Lipinski definition) is 1.